The fourth-order valence-electron chi connectivity index (χ4n) is 3.30. The number of carbonyl (C=O) groups is 4. The fourth-order valence-corrected chi connectivity index (χ4v) is 3.30. The van der Waals surface area contributed by atoms with E-state index < -0.39 is 29.7 Å². The third-order valence-electron chi connectivity index (χ3n) is 4.66. The van der Waals surface area contributed by atoms with Gasteiger partial charge in [0.15, 0.2) is 0 Å². The van der Waals surface area contributed by atoms with Gasteiger partial charge in [-0.25, -0.2) is 0 Å². The number of azide groups is 1. The van der Waals surface area contributed by atoms with E-state index >= 15 is 0 Å². The standard InChI is InChI=1S/C18H19N5O5/c19-22-20-7-9-28-8-1-2-11-3-4-12-13(10-11)18(27)23(17(12)26)14-5-6-15(24)21-16(14)25/h3-4,10,14H,1-2,5-9H2,(H,21,24,25). The highest BCUT2D eigenvalue weighted by Gasteiger charge is 2.44. The van der Waals surface area contributed by atoms with Crippen molar-refractivity contribution in [2.45, 2.75) is 31.7 Å². The number of imide groups is 2. The molecule has 1 saturated heterocycles. The summed E-state index contributed by atoms with van der Waals surface area (Å²) in [6.45, 7) is 1.11. The third kappa shape index (κ3) is 4.03. The molecule has 28 heavy (non-hydrogen) atoms. The second-order valence-corrected chi connectivity index (χ2v) is 6.50. The first kappa shape index (κ1) is 19.5. The maximum absolute atomic E-state index is 12.7. The molecule has 0 spiro atoms. The summed E-state index contributed by atoms with van der Waals surface area (Å²) < 4.78 is 5.34. The van der Waals surface area contributed by atoms with Gasteiger partial charge in [-0.1, -0.05) is 11.2 Å². The Morgan fingerprint density at radius 1 is 1.18 bits per heavy atom. The van der Waals surface area contributed by atoms with E-state index in [-0.39, 0.29) is 30.5 Å². The summed E-state index contributed by atoms with van der Waals surface area (Å²) in [5, 5.41) is 5.55. The van der Waals surface area contributed by atoms with Gasteiger partial charge in [-0.2, -0.15) is 0 Å². The van der Waals surface area contributed by atoms with Crippen LogP contribution in [-0.4, -0.2) is 54.3 Å². The first-order valence-electron chi connectivity index (χ1n) is 8.96. The molecule has 3 rings (SSSR count). The smallest absolute Gasteiger partial charge is 0.262 e. The molecular formula is C18H19N5O5. The molecular weight excluding hydrogens is 366 g/mol. The van der Waals surface area contributed by atoms with E-state index in [1.165, 1.54) is 0 Å². The molecule has 146 valence electrons. The van der Waals surface area contributed by atoms with Crippen molar-refractivity contribution in [2.75, 3.05) is 19.8 Å². The van der Waals surface area contributed by atoms with Gasteiger partial charge in [-0.3, -0.25) is 29.4 Å². The first-order valence-corrected chi connectivity index (χ1v) is 8.96. The monoisotopic (exact) mass is 385 g/mol. The minimum atomic E-state index is -0.960. The molecule has 2 aliphatic heterocycles. The van der Waals surface area contributed by atoms with Crippen LogP contribution in [-0.2, 0) is 20.7 Å². The van der Waals surface area contributed by atoms with Crippen molar-refractivity contribution in [1.29, 1.82) is 0 Å². The Morgan fingerprint density at radius 3 is 2.71 bits per heavy atom. The van der Waals surface area contributed by atoms with Gasteiger partial charge in [0.25, 0.3) is 11.8 Å². The zero-order valence-electron chi connectivity index (χ0n) is 15.1. The predicted molar refractivity (Wildman–Crippen MR) is 96.3 cm³/mol. The molecule has 1 aromatic rings. The van der Waals surface area contributed by atoms with Gasteiger partial charge in [0, 0.05) is 24.5 Å². The normalized spacial score (nSPS) is 18.7. The lowest BCUT2D eigenvalue weighted by Gasteiger charge is -2.27. The molecule has 0 aromatic heterocycles. The SMILES string of the molecule is [N-]=[N+]=NCCOCCCc1ccc2c(c1)C(=O)N(C1CCC(=O)NC1=O)C2=O. The molecule has 1 fully saturated rings. The summed E-state index contributed by atoms with van der Waals surface area (Å²) >= 11 is 0. The summed E-state index contributed by atoms with van der Waals surface area (Å²) in [7, 11) is 0. The Kier molecular flexibility index (Phi) is 6.03. The number of amides is 4. The van der Waals surface area contributed by atoms with Crippen molar-refractivity contribution >= 4 is 23.6 Å². The van der Waals surface area contributed by atoms with Crippen LogP contribution in [0.3, 0.4) is 0 Å². The van der Waals surface area contributed by atoms with Crippen LogP contribution in [0.5, 0.6) is 0 Å². The number of ether oxygens (including phenoxy) is 1. The summed E-state index contributed by atoms with van der Waals surface area (Å²) in [6.07, 6.45) is 1.58. The Labute approximate surface area is 160 Å². The van der Waals surface area contributed by atoms with Gasteiger partial charge in [-0.15, -0.1) is 0 Å². The van der Waals surface area contributed by atoms with Crippen LogP contribution in [0.2, 0.25) is 0 Å². The molecule has 10 nitrogen and oxygen atoms in total. The minimum absolute atomic E-state index is 0.0920. The topological polar surface area (TPSA) is 142 Å². The molecule has 1 atom stereocenters. The van der Waals surface area contributed by atoms with Crippen molar-refractivity contribution in [2.24, 2.45) is 5.11 Å². The average molecular weight is 385 g/mol. The minimum Gasteiger partial charge on any atom is -0.381 e. The number of piperidine rings is 1. The molecule has 0 saturated carbocycles. The number of rotatable bonds is 8. The van der Waals surface area contributed by atoms with Crippen molar-refractivity contribution < 1.29 is 23.9 Å². The maximum atomic E-state index is 12.7. The van der Waals surface area contributed by atoms with E-state index in [4.69, 9.17) is 10.3 Å². The molecule has 2 heterocycles. The lowest BCUT2D eigenvalue weighted by atomic mass is 10.0. The van der Waals surface area contributed by atoms with Crippen LogP contribution >= 0.6 is 0 Å². The number of hydrogen-bond donors (Lipinski definition) is 1. The van der Waals surface area contributed by atoms with E-state index in [0.29, 0.717) is 26.1 Å². The first-order chi connectivity index (χ1) is 13.5. The highest BCUT2D eigenvalue weighted by atomic mass is 16.5. The molecule has 4 amide bonds. The number of nitrogens with zero attached hydrogens (tertiary/aromatic N) is 4. The molecule has 0 radical (unpaired) electrons. The zero-order valence-corrected chi connectivity index (χ0v) is 15.1. The quantitative estimate of drug-likeness (QED) is 0.236. The van der Waals surface area contributed by atoms with Gasteiger partial charge in [0.2, 0.25) is 11.8 Å². The van der Waals surface area contributed by atoms with Gasteiger partial charge >= 0.3 is 0 Å². The van der Waals surface area contributed by atoms with E-state index in [2.05, 4.69) is 15.3 Å². The van der Waals surface area contributed by atoms with Crippen molar-refractivity contribution in [3.05, 3.63) is 45.3 Å². The molecule has 1 N–H and O–H groups in total. The van der Waals surface area contributed by atoms with E-state index in [0.717, 1.165) is 10.5 Å². The number of nitrogens with one attached hydrogen (secondary N) is 1. The average Bonchev–Trinajstić information content (AvgIpc) is 2.92. The summed E-state index contributed by atoms with van der Waals surface area (Å²) in [5.74, 6) is -2.05. The second-order valence-electron chi connectivity index (χ2n) is 6.50. The summed E-state index contributed by atoms with van der Waals surface area (Å²) in [6, 6.07) is 4.08. The zero-order chi connectivity index (χ0) is 20.1. The number of hydrogen-bond acceptors (Lipinski definition) is 6. The Morgan fingerprint density at radius 2 is 1.96 bits per heavy atom. The summed E-state index contributed by atoms with van der Waals surface area (Å²) in [5.41, 5.74) is 9.59. The van der Waals surface area contributed by atoms with Crippen LogP contribution in [0.15, 0.2) is 23.3 Å². The highest BCUT2D eigenvalue weighted by Crippen LogP contribution is 2.28. The number of fused-ring (bicyclic) bond motifs is 1. The van der Waals surface area contributed by atoms with Crippen LogP contribution in [0.1, 0.15) is 45.5 Å². The second kappa shape index (κ2) is 8.64. The van der Waals surface area contributed by atoms with E-state index in [1.54, 1.807) is 18.2 Å². The molecule has 1 unspecified atom stereocenters. The van der Waals surface area contributed by atoms with Gasteiger partial charge < -0.3 is 4.74 Å². The Hall–Kier alpha value is -3.23. The number of benzene rings is 1. The number of carbonyl (C=O) groups excluding carboxylic acids is 4. The van der Waals surface area contributed by atoms with Crippen LogP contribution in [0, 0.1) is 0 Å². The van der Waals surface area contributed by atoms with Gasteiger partial charge in [0.1, 0.15) is 6.04 Å². The fraction of sp³-hybridized carbons (Fsp3) is 0.444. The molecule has 10 heteroatoms. The molecule has 0 bridgehead atoms. The number of aryl methyl sites for hydroxylation is 1. The third-order valence-corrected chi connectivity index (χ3v) is 4.66. The molecule has 0 aliphatic carbocycles. The Bertz CT molecular complexity index is 877. The Balaban J connectivity index is 1.62. The highest BCUT2D eigenvalue weighted by molar-refractivity contribution is 6.23. The van der Waals surface area contributed by atoms with Crippen molar-refractivity contribution in [3.8, 4) is 0 Å². The van der Waals surface area contributed by atoms with E-state index in [1.807, 2.05) is 0 Å². The van der Waals surface area contributed by atoms with Gasteiger partial charge in [-0.05, 0) is 42.5 Å². The van der Waals surface area contributed by atoms with Crippen molar-refractivity contribution in [1.82, 2.24) is 10.2 Å². The van der Waals surface area contributed by atoms with Crippen LogP contribution in [0.25, 0.3) is 10.4 Å². The van der Waals surface area contributed by atoms with Crippen molar-refractivity contribution in [3.63, 3.8) is 0 Å². The lowest BCUT2D eigenvalue weighted by Crippen LogP contribution is -2.54. The molecule has 1 aromatic carbocycles. The summed E-state index contributed by atoms with van der Waals surface area (Å²) in [4.78, 5) is 52.3. The van der Waals surface area contributed by atoms with Crippen LogP contribution in [0.4, 0.5) is 0 Å². The van der Waals surface area contributed by atoms with Gasteiger partial charge in [0.05, 0.1) is 17.7 Å². The lowest BCUT2D eigenvalue weighted by molar-refractivity contribution is -0.136. The van der Waals surface area contributed by atoms with Crippen LogP contribution < -0.4 is 5.32 Å². The van der Waals surface area contributed by atoms with E-state index in [9.17, 15) is 19.2 Å². The largest absolute Gasteiger partial charge is 0.381 e. The molecule has 2 aliphatic rings. The predicted octanol–water partition coefficient (Wildman–Crippen LogP) is 1.35. The maximum Gasteiger partial charge on any atom is 0.262 e.